The zero-order valence-corrected chi connectivity index (χ0v) is 11.6. The summed E-state index contributed by atoms with van der Waals surface area (Å²) >= 11 is 0. The molecule has 0 aromatic heterocycles. The Kier molecular flexibility index (Phi) is 2.99. The predicted molar refractivity (Wildman–Crippen MR) is 69.9 cm³/mol. The fourth-order valence-corrected chi connectivity index (χ4v) is 2.88. The molecule has 2 aliphatic rings. The quantitative estimate of drug-likeness (QED) is 0.730. The summed E-state index contributed by atoms with van der Waals surface area (Å²) in [4.78, 5) is 23.3. The monoisotopic (exact) mass is 250 g/mol. The average molecular weight is 250 g/mol. The van der Waals surface area contributed by atoms with Crippen molar-refractivity contribution in [1.82, 2.24) is 10.6 Å². The molecule has 2 atom stereocenters. The standard InChI is InChI=1S/C14H22N2O2/c1-9-7-14(4,16-11(9)17)6-5-10-8-13(2,3)15-12(10)18/h5,9H,6-8H2,1-4H3,(H,15,18)(H,16,17). The number of hydrogen-bond donors (Lipinski definition) is 2. The van der Waals surface area contributed by atoms with Gasteiger partial charge in [-0.05, 0) is 33.6 Å². The lowest BCUT2D eigenvalue weighted by molar-refractivity contribution is -0.122. The van der Waals surface area contributed by atoms with E-state index in [-0.39, 0.29) is 28.8 Å². The number of hydrogen-bond acceptors (Lipinski definition) is 2. The molecule has 100 valence electrons. The normalized spacial score (nSPS) is 36.9. The fraction of sp³-hybridized carbons (Fsp3) is 0.714. The van der Waals surface area contributed by atoms with E-state index in [4.69, 9.17) is 0 Å². The number of amides is 2. The van der Waals surface area contributed by atoms with E-state index in [9.17, 15) is 9.59 Å². The van der Waals surface area contributed by atoms with E-state index < -0.39 is 0 Å². The molecule has 2 heterocycles. The van der Waals surface area contributed by atoms with Crippen LogP contribution in [0.15, 0.2) is 11.6 Å². The molecule has 0 radical (unpaired) electrons. The second-order valence-corrected chi connectivity index (χ2v) is 6.60. The molecule has 0 aliphatic carbocycles. The SMILES string of the molecule is CC1CC(C)(CC=C2CC(C)(C)NC2=O)NC1=O. The maximum absolute atomic E-state index is 11.8. The zero-order valence-electron chi connectivity index (χ0n) is 11.6. The maximum atomic E-state index is 11.8. The van der Waals surface area contributed by atoms with Gasteiger partial charge in [-0.1, -0.05) is 13.0 Å². The molecule has 2 saturated heterocycles. The van der Waals surface area contributed by atoms with Gasteiger partial charge in [0.05, 0.1) is 0 Å². The topological polar surface area (TPSA) is 58.2 Å². The van der Waals surface area contributed by atoms with Crippen molar-refractivity contribution in [3.63, 3.8) is 0 Å². The van der Waals surface area contributed by atoms with Crippen molar-refractivity contribution in [3.05, 3.63) is 11.6 Å². The van der Waals surface area contributed by atoms with Crippen molar-refractivity contribution < 1.29 is 9.59 Å². The summed E-state index contributed by atoms with van der Waals surface area (Å²) < 4.78 is 0. The molecule has 2 amide bonds. The van der Waals surface area contributed by atoms with E-state index in [1.807, 2.05) is 33.8 Å². The highest BCUT2D eigenvalue weighted by Gasteiger charge is 2.38. The van der Waals surface area contributed by atoms with Crippen LogP contribution in [0.3, 0.4) is 0 Å². The largest absolute Gasteiger partial charge is 0.350 e. The van der Waals surface area contributed by atoms with Gasteiger partial charge in [0, 0.05) is 29.0 Å². The third-order valence-corrected chi connectivity index (χ3v) is 3.80. The summed E-state index contributed by atoms with van der Waals surface area (Å²) in [6, 6.07) is 0. The second-order valence-electron chi connectivity index (χ2n) is 6.60. The van der Waals surface area contributed by atoms with Crippen LogP contribution < -0.4 is 10.6 Å². The molecular formula is C14H22N2O2. The van der Waals surface area contributed by atoms with Gasteiger partial charge in [0.15, 0.2) is 0 Å². The molecule has 2 aliphatic heterocycles. The molecule has 2 fully saturated rings. The predicted octanol–water partition coefficient (Wildman–Crippen LogP) is 1.52. The van der Waals surface area contributed by atoms with Crippen LogP contribution in [0.1, 0.15) is 47.0 Å². The van der Waals surface area contributed by atoms with Crippen LogP contribution in [-0.2, 0) is 9.59 Å². The smallest absolute Gasteiger partial charge is 0.247 e. The lowest BCUT2D eigenvalue weighted by Gasteiger charge is -2.22. The minimum absolute atomic E-state index is 0.0287. The molecule has 4 nitrogen and oxygen atoms in total. The molecule has 0 bridgehead atoms. The van der Waals surface area contributed by atoms with E-state index >= 15 is 0 Å². The van der Waals surface area contributed by atoms with Crippen LogP contribution in [0, 0.1) is 5.92 Å². The first-order valence-corrected chi connectivity index (χ1v) is 6.54. The Morgan fingerprint density at radius 1 is 1.28 bits per heavy atom. The van der Waals surface area contributed by atoms with Crippen molar-refractivity contribution in [2.24, 2.45) is 5.92 Å². The highest BCUT2D eigenvalue weighted by Crippen LogP contribution is 2.30. The molecule has 0 spiro atoms. The Hall–Kier alpha value is -1.32. The molecule has 2 N–H and O–H groups in total. The van der Waals surface area contributed by atoms with Gasteiger partial charge in [-0.25, -0.2) is 0 Å². The second kappa shape index (κ2) is 4.11. The van der Waals surface area contributed by atoms with Crippen molar-refractivity contribution >= 4 is 11.8 Å². The van der Waals surface area contributed by atoms with Crippen molar-refractivity contribution in [2.75, 3.05) is 0 Å². The summed E-state index contributed by atoms with van der Waals surface area (Å²) in [5.74, 6) is 0.218. The lowest BCUT2D eigenvalue weighted by Crippen LogP contribution is -2.37. The highest BCUT2D eigenvalue weighted by atomic mass is 16.2. The molecule has 0 aromatic rings. The Morgan fingerprint density at radius 3 is 2.39 bits per heavy atom. The molecular weight excluding hydrogens is 228 g/mol. The van der Waals surface area contributed by atoms with E-state index in [1.165, 1.54) is 0 Å². The van der Waals surface area contributed by atoms with E-state index in [1.54, 1.807) is 0 Å². The Morgan fingerprint density at radius 2 is 1.94 bits per heavy atom. The number of carbonyl (C=O) groups is 2. The van der Waals surface area contributed by atoms with Crippen LogP contribution in [0.2, 0.25) is 0 Å². The van der Waals surface area contributed by atoms with Crippen LogP contribution in [0.4, 0.5) is 0 Å². The fourth-order valence-electron chi connectivity index (χ4n) is 2.88. The number of rotatable bonds is 2. The summed E-state index contributed by atoms with van der Waals surface area (Å²) in [6.45, 7) is 8.03. The van der Waals surface area contributed by atoms with Gasteiger partial charge in [-0.2, -0.15) is 0 Å². The van der Waals surface area contributed by atoms with E-state index in [0.717, 1.165) is 24.8 Å². The number of carbonyl (C=O) groups excluding carboxylic acids is 2. The Labute approximate surface area is 108 Å². The minimum Gasteiger partial charge on any atom is -0.350 e. The Bertz CT molecular complexity index is 426. The first-order valence-electron chi connectivity index (χ1n) is 6.54. The maximum Gasteiger partial charge on any atom is 0.247 e. The molecule has 0 saturated carbocycles. The van der Waals surface area contributed by atoms with Crippen LogP contribution in [0.5, 0.6) is 0 Å². The lowest BCUT2D eigenvalue weighted by atomic mass is 9.90. The van der Waals surface area contributed by atoms with E-state index in [0.29, 0.717) is 0 Å². The highest BCUT2D eigenvalue weighted by molar-refractivity contribution is 5.96. The van der Waals surface area contributed by atoms with Gasteiger partial charge in [0.1, 0.15) is 0 Å². The van der Waals surface area contributed by atoms with E-state index in [2.05, 4.69) is 10.6 Å². The zero-order chi connectivity index (χ0) is 13.6. The van der Waals surface area contributed by atoms with Crippen LogP contribution in [-0.4, -0.2) is 22.9 Å². The summed E-state index contributed by atoms with van der Waals surface area (Å²) in [6.07, 6.45) is 4.30. The molecule has 2 rings (SSSR count). The Balaban J connectivity index is 2.04. The van der Waals surface area contributed by atoms with Gasteiger partial charge in [-0.15, -0.1) is 0 Å². The van der Waals surface area contributed by atoms with Crippen molar-refractivity contribution in [3.8, 4) is 0 Å². The summed E-state index contributed by atoms with van der Waals surface area (Å²) in [5.41, 5.74) is 0.502. The average Bonchev–Trinajstić information content (AvgIpc) is 2.62. The molecule has 0 aromatic carbocycles. The van der Waals surface area contributed by atoms with Gasteiger partial charge in [0.25, 0.3) is 0 Å². The van der Waals surface area contributed by atoms with Gasteiger partial charge < -0.3 is 10.6 Å². The van der Waals surface area contributed by atoms with Crippen LogP contribution >= 0.6 is 0 Å². The summed E-state index contributed by atoms with van der Waals surface area (Å²) in [5, 5.41) is 5.98. The third-order valence-electron chi connectivity index (χ3n) is 3.80. The molecule has 2 unspecified atom stereocenters. The van der Waals surface area contributed by atoms with Gasteiger partial charge >= 0.3 is 0 Å². The molecule has 18 heavy (non-hydrogen) atoms. The first-order chi connectivity index (χ1) is 8.21. The third kappa shape index (κ3) is 2.57. The minimum atomic E-state index is -0.198. The van der Waals surface area contributed by atoms with Gasteiger partial charge in [0.2, 0.25) is 11.8 Å². The van der Waals surface area contributed by atoms with Crippen molar-refractivity contribution in [1.29, 1.82) is 0 Å². The summed E-state index contributed by atoms with van der Waals surface area (Å²) in [7, 11) is 0. The van der Waals surface area contributed by atoms with Crippen LogP contribution in [0.25, 0.3) is 0 Å². The number of nitrogens with one attached hydrogen (secondary N) is 2. The molecule has 4 heteroatoms. The van der Waals surface area contributed by atoms with Crippen molar-refractivity contribution in [2.45, 2.75) is 58.0 Å². The van der Waals surface area contributed by atoms with Gasteiger partial charge in [-0.3, -0.25) is 9.59 Å². The first kappa shape index (κ1) is 13.1.